The first-order chi connectivity index (χ1) is 11.7. The summed E-state index contributed by atoms with van der Waals surface area (Å²) in [5.74, 6) is -1.55. The molecule has 0 saturated heterocycles. The second kappa shape index (κ2) is 5.89. The van der Waals surface area contributed by atoms with Crippen molar-refractivity contribution in [2.45, 2.75) is 25.3 Å². The van der Waals surface area contributed by atoms with Crippen LogP contribution in [0, 0.1) is 13.8 Å². The number of sulfonamides is 1. The highest BCUT2D eigenvalue weighted by Gasteiger charge is 2.26. The van der Waals surface area contributed by atoms with Crippen LogP contribution >= 0.6 is 0 Å². The normalized spacial score (nSPS) is 13.3. The van der Waals surface area contributed by atoms with Crippen LogP contribution in [0.3, 0.4) is 0 Å². The Hall–Kier alpha value is -2.87. The number of aryl methyl sites for hydroxylation is 2. The first kappa shape index (κ1) is 17.0. The van der Waals surface area contributed by atoms with E-state index in [1.807, 2.05) is 0 Å². The quantitative estimate of drug-likeness (QED) is 0.772. The summed E-state index contributed by atoms with van der Waals surface area (Å²) < 4.78 is 28.0. The van der Waals surface area contributed by atoms with Gasteiger partial charge < -0.3 is 10.4 Å². The number of benzene rings is 2. The summed E-state index contributed by atoms with van der Waals surface area (Å²) in [7, 11) is -4.06. The molecule has 130 valence electrons. The Morgan fingerprint density at radius 3 is 2.60 bits per heavy atom. The number of rotatable bonds is 4. The van der Waals surface area contributed by atoms with E-state index >= 15 is 0 Å². The Morgan fingerprint density at radius 1 is 1.20 bits per heavy atom. The van der Waals surface area contributed by atoms with Gasteiger partial charge in [-0.3, -0.25) is 9.52 Å². The van der Waals surface area contributed by atoms with Crippen LogP contribution in [0.5, 0.6) is 0 Å². The maximum atomic E-state index is 12.8. The molecule has 3 N–H and O–H groups in total. The first-order valence-electron chi connectivity index (χ1n) is 7.48. The molecular formula is C17H16N2O5S. The molecule has 7 nitrogen and oxygen atoms in total. The van der Waals surface area contributed by atoms with E-state index in [4.69, 9.17) is 0 Å². The van der Waals surface area contributed by atoms with E-state index in [1.54, 1.807) is 26.0 Å². The molecule has 0 bridgehead atoms. The third kappa shape index (κ3) is 2.96. The molecule has 0 spiro atoms. The highest BCUT2D eigenvalue weighted by atomic mass is 32.2. The molecule has 0 aromatic heterocycles. The monoisotopic (exact) mass is 360 g/mol. The fraction of sp³-hybridized carbons (Fsp3) is 0.176. The minimum absolute atomic E-state index is 0.0815. The highest BCUT2D eigenvalue weighted by Crippen LogP contribution is 2.28. The molecule has 25 heavy (non-hydrogen) atoms. The molecule has 3 rings (SSSR count). The van der Waals surface area contributed by atoms with E-state index < -0.39 is 16.0 Å². The largest absolute Gasteiger partial charge is 0.478 e. The number of fused-ring (bicyclic) bond motifs is 1. The molecule has 0 aliphatic carbocycles. The van der Waals surface area contributed by atoms with Gasteiger partial charge in [0.25, 0.3) is 15.9 Å². The van der Waals surface area contributed by atoms with Crippen molar-refractivity contribution in [2.24, 2.45) is 0 Å². The van der Waals surface area contributed by atoms with Crippen LogP contribution < -0.4 is 10.0 Å². The van der Waals surface area contributed by atoms with E-state index in [0.717, 1.165) is 6.07 Å². The Bertz CT molecular complexity index is 1010. The number of amides is 1. The standard InChI is InChI=1S/C17H16N2O5S/c1-9-6-10(2)14(7-12(9)17(21)22)25(23,24)19-13-5-3-4-11-8-18-16(20)15(11)13/h3-7,19H,8H2,1-2H3,(H,18,20)(H,21,22). The molecule has 1 heterocycles. The van der Waals surface area contributed by atoms with Crippen LogP contribution in [0.4, 0.5) is 5.69 Å². The number of anilines is 1. The van der Waals surface area contributed by atoms with Crippen LogP contribution in [0.25, 0.3) is 0 Å². The number of carboxylic acid groups (broad SMARTS) is 1. The van der Waals surface area contributed by atoms with E-state index in [9.17, 15) is 23.1 Å². The molecule has 1 aliphatic rings. The van der Waals surface area contributed by atoms with Crippen LogP contribution in [-0.4, -0.2) is 25.4 Å². The smallest absolute Gasteiger partial charge is 0.335 e. The summed E-state index contributed by atoms with van der Waals surface area (Å²) >= 11 is 0. The molecule has 1 amide bonds. The van der Waals surface area contributed by atoms with Gasteiger partial charge in [-0.05, 0) is 42.7 Å². The Morgan fingerprint density at radius 2 is 1.92 bits per heavy atom. The number of carbonyl (C=O) groups is 2. The van der Waals surface area contributed by atoms with Gasteiger partial charge in [0.05, 0.1) is 21.7 Å². The maximum Gasteiger partial charge on any atom is 0.335 e. The SMILES string of the molecule is Cc1cc(C)c(S(=O)(=O)Nc2cccc3c2C(=O)NC3)cc1C(=O)O. The van der Waals surface area contributed by atoms with Crippen molar-refractivity contribution in [3.05, 3.63) is 58.1 Å². The number of hydrogen-bond donors (Lipinski definition) is 3. The number of carboxylic acids is 1. The summed E-state index contributed by atoms with van der Waals surface area (Å²) in [5.41, 5.74) is 1.98. The molecule has 0 fully saturated rings. The predicted molar refractivity (Wildman–Crippen MR) is 91.3 cm³/mol. The zero-order chi connectivity index (χ0) is 18.4. The minimum Gasteiger partial charge on any atom is -0.478 e. The maximum absolute atomic E-state index is 12.8. The highest BCUT2D eigenvalue weighted by molar-refractivity contribution is 7.92. The molecule has 2 aromatic rings. The molecule has 8 heteroatoms. The van der Waals surface area contributed by atoms with Gasteiger partial charge in [0, 0.05) is 6.54 Å². The number of aromatic carboxylic acids is 1. The average Bonchev–Trinajstić information content (AvgIpc) is 2.89. The summed E-state index contributed by atoms with van der Waals surface area (Å²) in [5, 5.41) is 11.9. The van der Waals surface area contributed by atoms with Crippen molar-refractivity contribution < 1.29 is 23.1 Å². The van der Waals surface area contributed by atoms with Gasteiger partial charge in [-0.25, -0.2) is 13.2 Å². The Labute approximate surface area is 144 Å². The molecule has 0 atom stereocenters. The third-order valence-electron chi connectivity index (χ3n) is 4.10. The minimum atomic E-state index is -4.06. The molecular weight excluding hydrogens is 344 g/mol. The van der Waals surface area contributed by atoms with Gasteiger partial charge in [0.2, 0.25) is 0 Å². The summed E-state index contributed by atoms with van der Waals surface area (Å²) in [6, 6.07) is 7.55. The van der Waals surface area contributed by atoms with E-state index in [1.165, 1.54) is 12.1 Å². The van der Waals surface area contributed by atoms with E-state index in [2.05, 4.69) is 10.0 Å². The van der Waals surface area contributed by atoms with Gasteiger partial charge in [-0.1, -0.05) is 18.2 Å². The first-order valence-corrected chi connectivity index (χ1v) is 8.96. The Balaban J connectivity index is 2.08. The van der Waals surface area contributed by atoms with E-state index in [0.29, 0.717) is 23.2 Å². The van der Waals surface area contributed by atoms with Crippen LogP contribution in [0.1, 0.15) is 37.4 Å². The topological polar surface area (TPSA) is 113 Å². The lowest BCUT2D eigenvalue weighted by Gasteiger charge is -2.14. The van der Waals surface area contributed by atoms with Crippen molar-refractivity contribution >= 4 is 27.6 Å². The third-order valence-corrected chi connectivity index (χ3v) is 5.61. The van der Waals surface area contributed by atoms with E-state index in [-0.39, 0.29) is 27.6 Å². The second-order valence-electron chi connectivity index (χ2n) is 5.87. The number of hydrogen-bond acceptors (Lipinski definition) is 4. The lowest BCUT2D eigenvalue weighted by atomic mass is 10.1. The molecule has 0 saturated carbocycles. The zero-order valence-electron chi connectivity index (χ0n) is 13.6. The summed E-state index contributed by atoms with van der Waals surface area (Å²) in [6.07, 6.45) is 0. The van der Waals surface area contributed by atoms with Crippen LogP contribution in [0.15, 0.2) is 35.2 Å². The average molecular weight is 360 g/mol. The Kier molecular flexibility index (Phi) is 4.00. The van der Waals surface area contributed by atoms with Crippen molar-refractivity contribution in [1.82, 2.24) is 5.32 Å². The predicted octanol–water partition coefficient (Wildman–Crippen LogP) is 2.05. The molecule has 0 radical (unpaired) electrons. The summed E-state index contributed by atoms with van der Waals surface area (Å²) in [6.45, 7) is 3.54. The van der Waals surface area contributed by atoms with Crippen LogP contribution in [0.2, 0.25) is 0 Å². The molecule has 2 aromatic carbocycles. The van der Waals surface area contributed by atoms with Gasteiger partial charge in [0.15, 0.2) is 0 Å². The molecule has 1 aliphatic heterocycles. The van der Waals surface area contributed by atoms with Crippen LogP contribution in [-0.2, 0) is 16.6 Å². The fourth-order valence-electron chi connectivity index (χ4n) is 2.92. The second-order valence-corrected chi connectivity index (χ2v) is 7.52. The lowest BCUT2D eigenvalue weighted by molar-refractivity contribution is 0.0695. The fourth-order valence-corrected chi connectivity index (χ4v) is 4.24. The van der Waals surface area contributed by atoms with Crippen molar-refractivity contribution in [3.63, 3.8) is 0 Å². The van der Waals surface area contributed by atoms with Crippen molar-refractivity contribution in [2.75, 3.05) is 4.72 Å². The van der Waals surface area contributed by atoms with Crippen molar-refractivity contribution in [3.8, 4) is 0 Å². The summed E-state index contributed by atoms with van der Waals surface area (Å²) in [4.78, 5) is 23.1. The van der Waals surface area contributed by atoms with Gasteiger partial charge >= 0.3 is 5.97 Å². The molecule has 0 unspecified atom stereocenters. The number of nitrogens with one attached hydrogen (secondary N) is 2. The number of carbonyl (C=O) groups excluding carboxylic acids is 1. The van der Waals surface area contributed by atoms with Gasteiger partial charge in [-0.2, -0.15) is 0 Å². The zero-order valence-corrected chi connectivity index (χ0v) is 14.4. The lowest BCUT2D eigenvalue weighted by Crippen LogP contribution is -2.19. The van der Waals surface area contributed by atoms with Gasteiger partial charge in [-0.15, -0.1) is 0 Å². The van der Waals surface area contributed by atoms with Crippen molar-refractivity contribution in [1.29, 1.82) is 0 Å². The van der Waals surface area contributed by atoms with Gasteiger partial charge in [0.1, 0.15) is 0 Å².